The second kappa shape index (κ2) is 8.34. The van der Waals surface area contributed by atoms with E-state index < -0.39 is 0 Å². The predicted molar refractivity (Wildman–Crippen MR) is 69.5 cm³/mol. The Morgan fingerprint density at radius 3 is 1.40 bits per heavy atom. The summed E-state index contributed by atoms with van der Waals surface area (Å²) in [7, 11) is 0. The van der Waals surface area contributed by atoms with Crippen molar-refractivity contribution in [3.8, 4) is 5.75 Å². The van der Waals surface area contributed by atoms with Crippen molar-refractivity contribution in [2.24, 2.45) is 0 Å². The van der Waals surface area contributed by atoms with Crippen molar-refractivity contribution in [3.05, 3.63) is 29.8 Å². The van der Waals surface area contributed by atoms with E-state index in [-0.39, 0.29) is 5.41 Å². The number of benzene rings is 1. The van der Waals surface area contributed by atoms with Crippen LogP contribution in [0.2, 0.25) is 0 Å². The van der Waals surface area contributed by atoms with E-state index in [0.29, 0.717) is 5.75 Å². The number of aromatic hydroxyl groups is 1. The van der Waals surface area contributed by atoms with E-state index in [4.69, 9.17) is 5.11 Å². The molecule has 1 rings (SSSR count). The van der Waals surface area contributed by atoms with E-state index in [1.54, 1.807) is 12.1 Å². The molecule has 1 aromatic carbocycles. The summed E-state index contributed by atoms with van der Waals surface area (Å²) in [5.41, 5.74) is 1.42. The summed E-state index contributed by atoms with van der Waals surface area (Å²) in [4.78, 5) is 0. The van der Waals surface area contributed by atoms with E-state index in [0.717, 1.165) is 0 Å². The molecule has 0 saturated carbocycles. The molecule has 0 amide bonds. The lowest BCUT2D eigenvalue weighted by Crippen LogP contribution is -2.10. The Labute approximate surface area is 95.2 Å². The van der Waals surface area contributed by atoms with Crippen LogP contribution in [0.3, 0.4) is 0 Å². The molecule has 0 fully saturated rings. The first-order chi connectivity index (χ1) is 7.00. The lowest BCUT2D eigenvalue weighted by molar-refractivity contribution is 0.474. The summed E-state index contributed by atoms with van der Waals surface area (Å²) in [5.74, 6) is 0.331. The standard InChI is InChI=1S/C10H14O.2C2H6/c1-10(2,3)8-4-6-9(11)7-5-8;2*1-2/h4-7,11H,1-3H3;2*1-2H3. The van der Waals surface area contributed by atoms with Gasteiger partial charge in [-0.1, -0.05) is 60.6 Å². The highest BCUT2D eigenvalue weighted by Gasteiger charge is 2.12. The third kappa shape index (κ3) is 7.01. The molecule has 0 aliphatic carbocycles. The van der Waals surface area contributed by atoms with Crippen LogP contribution in [-0.4, -0.2) is 5.11 Å². The van der Waals surface area contributed by atoms with Gasteiger partial charge in [-0.2, -0.15) is 0 Å². The number of hydrogen-bond acceptors (Lipinski definition) is 1. The fraction of sp³-hybridized carbons (Fsp3) is 0.571. The number of hydrogen-bond donors (Lipinski definition) is 1. The predicted octanol–water partition coefficient (Wildman–Crippen LogP) is 4.74. The van der Waals surface area contributed by atoms with Gasteiger partial charge in [-0.3, -0.25) is 0 Å². The van der Waals surface area contributed by atoms with E-state index in [9.17, 15) is 0 Å². The highest BCUT2D eigenvalue weighted by atomic mass is 16.3. The Kier molecular flexibility index (Phi) is 9.14. The van der Waals surface area contributed by atoms with Gasteiger partial charge in [0.05, 0.1) is 0 Å². The fourth-order valence-corrected chi connectivity index (χ4v) is 0.961. The van der Waals surface area contributed by atoms with Gasteiger partial charge in [0.25, 0.3) is 0 Å². The average molecular weight is 210 g/mol. The molecule has 1 aromatic rings. The first kappa shape index (κ1) is 16.4. The Morgan fingerprint density at radius 2 is 1.13 bits per heavy atom. The average Bonchev–Trinajstić information content (AvgIpc) is 2.23. The first-order valence-corrected chi connectivity index (χ1v) is 5.79. The second-order valence-electron chi connectivity index (χ2n) is 3.80. The summed E-state index contributed by atoms with van der Waals surface area (Å²) < 4.78 is 0. The van der Waals surface area contributed by atoms with Crippen LogP contribution in [0, 0.1) is 0 Å². The molecule has 88 valence electrons. The van der Waals surface area contributed by atoms with Crippen LogP contribution in [0.25, 0.3) is 0 Å². The zero-order valence-corrected chi connectivity index (χ0v) is 11.3. The monoisotopic (exact) mass is 210 g/mol. The molecule has 0 spiro atoms. The normalized spacial score (nSPS) is 9.27. The maximum absolute atomic E-state index is 9.02. The zero-order valence-electron chi connectivity index (χ0n) is 11.3. The second-order valence-corrected chi connectivity index (χ2v) is 3.80. The number of phenolic OH excluding ortho intramolecular Hbond substituents is 1. The van der Waals surface area contributed by atoms with E-state index in [1.165, 1.54) is 5.56 Å². The zero-order chi connectivity index (χ0) is 12.5. The van der Waals surface area contributed by atoms with E-state index in [1.807, 2.05) is 39.8 Å². The summed E-state index contributed by atoms with van der Waals surface area (Å²) in [6, 6.07) is 7.35. The Balaban J connectivity index is 0. The summed E-state index contributed by atoms with van der Waals surface area (Å²) in [5, 5.41) is 9.02. The molecule has 0 radical (unpaired) electrons. The molecular formula is C14H26O. The van der Waals surface area contributed by atoms with Crippen LogP contribution >= 0.6 is 0 Å². The lowest BCUT2D eigenvalue weighted by atomic mass is 9.87. The molecule has 0 aromatic heterocycles. The van der Waals surface area contributed by atoms with Gasteiger partial charge in [-0.05, 0) is 23.1 Å². The molecule has 0 atom stereocenters. The van der Waals surface area contributed by atoms with Crippen molar-refractivity contribution < 1.29 is 5.11 Å². The van der Waals surface area contributed by atoms with Crippen molar-refractivity contribution >= 4 is 0 Å². The van der Waals surface area contributed by atoms with Crippen molar-refractivity contribution in [1.29, 1.82) is 0 Å². The molecule has 0 aliphatic rings. The molecule has 0 aliphatic heterocycles. The van der Waals surface area contributed by atoms with Gasteiger partial charge >= 0.3 is 0 Å². The number of phenols is 1. The Morgan fingerprint density at radius 1 is 0.800 bits per heavy atom. The first-order valence-electron chi connectivity index (χ1n) is 5.79. The molecule has 0 bridgehead atoms. The number of rotatable bonds is 0. The maximum Gasteiger partial charge on any atom is 0.115 e. The van der Waals surface area contributed by atoms with Crippen molar-refractivity contribution in [1.82, 2.24) is 0 Å². The van der Waals surface area contributed by atoms with Crippen LogP contribution < -0.4 is 0 Å². The molecule has 0 heterocycles. The SMILES string of the molecule is CC.CC.CC(C)(C)c1ccc(O)cc1. The molecule has 1 nitrogen and oxygen atoms in total. The van der Waals surface area contributed by atoms with Gasteiger partial charge in [0.2, 0.25) is 0 Å². The molecule has 1 heteroatoms. The third-order valence-electron chi connectivity index (χ3n) is 1.73. The van der Waals surface area contributed by atoms with Gasteiger partial charge < -0.3 is 5.11 Å². The minimum Gasteiger partial charge on any atom is -0.508 e. The lowest BCUT2D eigenvalue weighted by Gasteiger charge is -2.18. The molecule has 0 saturated heterocycles. The van der Waals surface area contributed by atoms with Crippen molar-refractivity contribution in [3.63, 3.8) is 0 Å². The summed E-state index contributed by atoms with van der Waals surface area (Å²) >= 11 is 0. The Bertz CT molecular complexity index is 229. The van der Waals surface area contributed by atoms with Gasteiger partial charge in [0.15, 0.2) is 0 Å². The van der Waals surface area contributed by atoms with Crippen molar-refractivity contribution in [2.75, 3.05) is 0 Å². The fourth-order valence-electron chi connectivity index (χ4n) is 0.961. The van der Waals surface area contributed by atoms with Crippen LogP contribution in [0.15, 0.2) is 24.3 Å². The van der Waals surface area contributed by atoms with Crippen LogP contribution in [-0.2, 0) is 5.41 Å². The van der Waals surface area contributed by atoms with Gasteiger partial charge in [0, 0.05) is 0 Å². The quantitative estimate of drug-likeness (QED) is 0.655. The van der Waals surface area contributed by atoms with E-state index in [2.05, 4.69) is 20.8 Å². The molecular weight excluding hydrogens is 184 g/mol. The van der Waals surface area contributed by atoms with E-state index >= 15 is 0 Å². The Hall–Kier alpha value is -0.980. The third-order valence-corrected chi connectivity index (χ3v) is 1.73. The minimum atomic E-state index is 0.174. The molecule has 1 N–H and O–H groups in total. The summed E-state index contributed by atoms with van der Waals surface area (Å²) in [6.07, 6.45) is 0. The van der Waals surface area contributed by atoms with Crippen LogP contribution in [0.5, 0.6) is 5.75 Å². The van der Waals surface area contributed by atoms with Gasteiger partial charge in [-0.25, -0.2) is 0 Å². The van der Waals surface area contributed by atoms with Gasteiger partial charge in [0.1, 0.15) is 5.75 Å². The molecule has 0 unspecified atom stereocenters. The largest absolute Gasteiger partial charge is 0.508 e. The van der Waals surface area contributed by atoms with Gasteiger partial charge in [-0.15, -0.1) is 0 Å². The maximum atomic E-state index is 9.02. The molecule has 15 heavy (non-hydrogen) atoms. The van der Waals surface area contributed by atoms with Crippen LogP contribution in [0.4, 0.5) is 0 Å². The smallest absolute Gasteiger partial charge is 0.115 e. The topological polar surface area (TPSA) is 20.2 Å². The van der Waals surface area contributed by atoms with Crippen molar-refractivity contribution in [2.45, 2.75) is 53.9 Å². The highest BCUT2D eigenvalue weighted by Crippen LogP contribution is 2.23. The summed E-state index contributed by atoms with van der Waals surface area (Å²) in [6.45, 7) is 14.5. The minimum absolute atomic E-state index is 0.174. The van der Waals surface area contributed by atoms with Crippen LogP contribution in [0.1, 0.15) is 54.0 Å². The highest BCUT2D eigenvalue weighted by molar-refractivity contribution is 5.29.